The third-order valence-corrected chi connectivity index (χ3v) is 2.77. The zero-order valence-corrected chi connectivity index (χ0v) is 10.8. The van der Waals surface area contributed by atoms with Gasteiger partial charge in [0.15, 0.2) is 11.5 Å². The van der Waals surface area contributed by atoms with Crippen molar-refractivity contribution in [1.82, 2.24) is 10.6 Å². The third kappa shape index (κ3) is 3.27. The van der Waals surface area contributed by atoms with Crippen molar-refractivity contribution in [2.24, 2.45) is 0 Å². The van der Waals surface area contributed by atoms with Gasteiger partial charge in [-0.1, -0.05) is 11.6 Å². The first-order valence-corrected chi connectivity index (χ1v) is 6.08. The van der Waals surface area contributed by atoms with Crippen LogP contribution in [0.5, 0.6) is 11.5 Å². The van der Waals surface area contributed by atoms with Crippen LogP contribution in [0.15, 0.2) is 12.1 Å². The van der Waals surface area contributed by atoms with Gasteiger partial charge in [-0.05, 0) is 17.7 Å². The van der Waals surface area contributed by atoms with Crippen molar-refractivity contribution >= 4 is 17.5 Å². The van der Waals surface area contributed by atoms with E-state index in [2.05, 4.69) is 10.6 Å². The van der Waals surface area contributed by atoms with Gasteiger partial charge in [0.2, 0.25) is 12.7 Å². The summed E-state index contributed by atoms with van der Waals surface area (Å²) in [6.45, 7) is 3.68. The van der Waals surface area contributed by atoms with E-state index in [4.69, 9.17) is 21.1 Å². The van der Waals surface area contributed by atoms with Gasteiger partial charge in [-0.3, -0.25) is 4.79 Å². The third-order valence-electron chi connectivity index (χ3n) is 2.49. The highest BCUT2D eigenvalue weighted by atomic mass is 35.5. The highest BCUT2D eigenvalue weighted by Gasteiger charge is 2.17. The average molecular weight is 271 g/mol. The largest absolute Gasteiger partial charge is 0.454 e. The van der Waals surface area contributed by atoms with E-state index < -0.39 is 0 Å². The van der Waals surface area contributed by atoms with Gasteiger partial charge >= 0.3 is 0 Å². The first kappa shape index (κ1) is 13.0. The molecule has 0 aliphatic carbocycles. The molecule has 1 heterocycles. The van der Waals surface area contributed by atoms with Crippen LogP contribution in [0.1, 0.15) is 12.5 Å². The van der Waals surface area contributed by atoms with Gasteiger partial charge in [-0.25, -0.2) is 0 Å². The number of amides is 1. The predicted molar refractivity (Wildman–Crippen MR) is 68.0 cm³/mol. The molecule has 18 heavy (non-hydrogen) atoms. The monoisotopic (exact) mass is 270 g/mol. The number of hydrogen-bond donors (Lipinski definition) is 2. The Bertz CT molecular complexity index is 451. The van der Waals surface area contributed by atoms with Crippen LogP contribution in [-0.4, -0.2) is 25.8 Å². The van der Waals surface area contributed by atoms with E-state index >= 15 is 0 Å². The number of halogens is 1. The first-order valence-electron chi connectivity index (χ1n) is 5.70. The predicted octanol–water partition coefficient (Wildman–Crippen LogP) is 1.29. The number of rotatable bonds is 5. The second kappa shape index (κ2) is 5.93. The van der Waals surface area contributed by atoms with Crippen LogP contribution in [0.3, 0.4) is 0 Å². The maximum Gasteiger partial charge on any atom is 0.231 e. The van der Waals surface area contributed by atoms with Crippen LogP contribution in [0.25, 0.3) is 0 Å². The fourth-order valence-corrected chi connectivity index (χ4v) is 1.97. The summed E-state index contributed by atoms with van der Waals surface area (Å²) >= 11 is 6.07. The summed E-state index contributed by atoms with van der Waals surface area (Å²) in [5.74, 6) is 1.27. The summed E-state index contributed by atoms with van der Waals surface area (Å²) in [5, 5.41) is 6.48. The van der Waals surface area contributed by atoms with Crippen molar-refractivity contribution < 1.29 is 14.3 Å². The van der Waals surface area contributed by atoms with E-state index in [1.165, 1.54) is 6.92 Å². The highest BCUT2D eigenvalue weighted by Crippen LogP contribution is 2.39. The highest BCUT2D eigenvalue weighted by molar-refractivity contribution is 6.32. The molecule has 2 N–H and O–H groups in total. The molecule has 1 aliphatic rings. The van der Waals surface area contributed by atoms with Crippen LogP contribution in [0, 0.1) is 0 Å². The molecule has 0 saturated heterocycles. The Morgan fingerprint density at radius 3 is 3.00 bits per heavy atom. The lowest BCUT2D eigenvalue weighted by Crippen LogP contribution is -2.29. The second-order valence-corrected chi connectivity index (χ2v) is 4.38. The number of carbonyl (C=O) groups is 1. The Hall–Kier alpha value is -1.46. The maximum atomic E-state index is 10.7. The molecule has 5 nitrogen and oxygen atoms in total. The van der Waals surface area contributed by atoms with Gasteiger partial charge < -0.3 is 20.1 Å². The molecule has 0 radical (unpaired) electrons. The van der Waals surface area contributed by atoms with Gasteiger partial charge in [-0.15, -0.1) is 0 Å². The van der Waals surface area contributed by atoms with Crippen molar-refractivity contribution in [3.63, 3.8) is 0 Å². The summed E-state index contributed by atoms with van der Waals surface area (Å²) in [6.07, 6.45) is 0. The van der Waals surface area contributed by atoms with Crippen LogP contribution in [-0.2, 0) is 11.3 Å². The molecule has 0 spiro atoms. The molecule has 0 atom stereocenters. The lowest BCUT2D eigenvalue weighted by Gasteiger charge is -2.07. The maximum absolute atomic E-state index is 10.7. The van der Waals surface area contributed by atoms with Crippen LogP contribution < -0.4 is 20.1 Å². The molecule has 2 rings (SSSR count). The summed E-state index contributed by atoms with van der Waals surface area (Å²) in [6, 6.07) is 3.75. The Kier molecular flexibility index (Phi) is 4.28. The van der Waals surface area contributed by atoms with Crippen LogP contribution in [0.2, 0.25) is 5.02 Å². The average Bonchev–Trinajstić information content (AvgIpc) is 2.77. The van der Waals surface area contributed by atoms with Gasteiger partial charge in [0.05, 0.1) is 5.02 Å². The molecule has 0 unspecified atom stereocenters. The molecular weight excluding hydrogens is 256 g/mol. The van der Waals surface area contributed by atoms with E-state index in [9.17, 15) is 4.79 Å². The quantitative estimate of drug-likeness (QED) is 0.792. The molecule has 1 aromatic rings. The first-order chi connectivity index (χ1) is 8.66. The zero-order chi connectivity index (χ0) is 13.0. The molecule has 0 saturated carbocycles. The van der Waals surface area contributed by atoms with E-state index in [1.807, 2.05) is 12.1 Å². The summed E-state index contributed by atoms with van der Waals surface area (Å²) < 4.78 is 10.5. The second-order valence-electron chi connectivity index (χ2n) is 3.97. The normalized spacial score (nSPS) is 12.6. The van der Waals surface area contributed by atoms with Crippen molar-refractivity contribution in [2.45, 2.75) is 13.5 Å². The Labute approximate surface area is 110 Å². The number of carbonyl (C=O) groups excluding carboxylic acids is 1. The smallest absolute Gasteiger partial charge is 0.231 e. The Morgan fingerprint density at radius 2 is 2.22 bits per heavy atom. The molecule has 1 aliphatic heterocycles. The zero-order valence-electron chi connectivity index (χ0n) is 10.1. The number of ether oxygens (including phenoxy) is 2. The van der Waals surface area contributed by atoms with Crippen LogP contribution >= 0.6 is 11.6 Å². The molecule has 0 bridgehead atoms. The SMILES string of the molecule is CC(=O)NCCNCc1cc(Cl)c2c(c1)OCO2. The van der Waals surface area contributed by atoms with E-state index in [1.54, 1.807) is 0 Å². The molecule has 98 valence electrons. The number of fused-ring (bicyclic) bond motifs is 1. The molecular formula is C12H15ClN2O3. The van der Waals surface area contributed by atoms with Gasteiger partial charge in [0.1, 0.15) is 0 Å². The lowest BCUT2D eigenvalue weighted by atomic mass is 10.2. The Morgan fingerprint density at radius 1 is 1.39 bits per heavy atom. The molecule has 0 fully saturated rings. The number of benzene rings is 1. The van der Waals surface area contributed by atoms with Gasteiger partial charge in [-0.2, -0.15) is 0 Å². The minimum atomic E-state index is -0.0251. The molecule has 1 aromatic carbocycles. The fraction of sp³-hybridized carbons (Fsp3) is 0.417. The van der Waals surface area contributed by atoms with E-state index in [0.717, 1.165) is 5.56 Å². The summed E-state index contributed by atoms with van der Waals surface area (Å²) in [7, 11) is 0. The Balaban J connectivity index is 1.83. The molecule has 1 amide bonds. The van der Waals surface area contributed by atoms with Crippen molar-refractivity contribution in [3.05, 3.63) is 22.7 Å². The topological polar surface area (TPSA) is 59.6 Å². The number of nitrogens with one attached hydrogen (secondary N) is 2. The number of hydrogen-bond acceptors (Lipinski definition) is 4. The molecule has 6 heteroatoms. The van der Waals surface area contributed by atoms with Gasteiger partial charge in [0.25, 0.3) is 0 Å². The van der Waals surface area contributed by atoms with Crippen molar-refractivity contribution in [2.75, 3.05) is 19.9 Å². The molecule has 0 aromatic heterocycles. The minimum absolute atomic E-state index is 0.0251. The summed E-state index contributed by atoms with van der Waals surface area (Å²) in [5.41, 5.74) is 1.02. The van der Waals surface area contributed by atoms with Crippen molar-refractivity contribution in [3.8, 4) is 11.5 Å². The fourth-order valence-electron chi connectivity index (χ4n) is 1.68. The van der Waals surface area contributed by atoms with Crippen LogP contribution in [0.4, 0.5) is 0 Å². The van der Waals surface area contributed by atoms with Crippen molar-refractivity contribution in [1.29, 1.82) is 0 Å². The standard InChI is InChI=1S/C12H15ClN2O3/c1-8(16)15-3-2-14-6-9-4-10(13)12-11(5-9)17-7-18-12/h4-5,14H,2-3,6-7H2,1H3,(H,15,16). The minimum Gasteiger partial charge on any atom is -0.454 e. The van der Waals surface area contributed by atoms with E-state index in [0.29, 0.717) is 36.2 Å². The summed E-state index contributed by atoms with van der Waals surface area (Å²) in [4.78, 5) is 10.7. The lowest BCUT2D eigenvalue weighted by molar-refractivity contribution is -0.118. The van der Waals surface area contributed by atoms with E-state index in [-0.39, 0.29) is 12.7 Å². The van der Waals surface area contributed by atoms with Gasteiger partial charge in [0, 0.05) is 26.6 Å².